The Morgan fingerprint density at radius 1 is 0.397 bits per heavy atom. The molecule has 0 saturated heterocycles. The van der Waals surface area contributed by atoms with Crippen LogP contribution in [0.1, 0.15) is 309 Å². The van der Waals surface area contributed by atoms with Crippen LogP contribution in [0.4, 0.5) is 0 Å². The van der Waals surface area contributed by atoms with E-state index < -0.39 is 12.1 Å². The normalized spacial score (nSPS) is 12.8. The molecule has 0 spiro atoms. The first-order chi connectivity index (χ1) is 28.7. The first kappa shape index (κ1) is 57.1. The second-order valence-corrected chi connectivity index (χ2v) is 18.7. The Morgan fingerprint density at radius 3 is 0.897 bits per heavy atom. The van der Waals surface area contributed by atoms with Crippen molar-refractivity contribution in [2.24, 2.45) is 0 Å². The SMILES string of the molecule is CCCCCCCCCCCCCCCCCCCCCCCC/C=C/C(O)C(CO)NC(=O)CCCCCCCCCCCCCCCCCCCCCCCC. The van der Waals surface area contributed by atoms with Gasteiger partial charge in [0.15, 0.2) is 0 Å². The van der Waals surface area contributed by atoms with Gasteiger partial charge in [0.05, 0.1) is 18.8 Å². The van der Waals surface area contributed by atoms with Gasteiger partial charge < -0.3 is 15.5 Å². The van der Waals surface area contributed by atoms with E-state index in [1.165, 1.54) is 263 Å². The van der Waals surface area contributed by atoms with Crippen LogP contribution >= 0.6 is 0 Å². The molecular formula is C54H107NO3. The fraction of sp³-hybridized carbons (Fsp3) is 0.944. The quantitative estimate of drug-likeness (QED) is 0.0423. The fourth-order valence-electron chi connectivity index (χ4n) is 8.65. The lowest BCUT2D eigenvalue weighted by molar-refractivity contribution is -0.123. The Kier molecular flexibility index (Phi) is 49.7. The minimum Gasteiger partial charge on any atom is -0.394 e. The molecule has 4 heteroatoms. The number of hydrogen-bond acceptors (Lipinski definition) is 3. The molecule has 0 aromatic heterocycles. The van der Waals surface area contributed by atoms with Gasteiger partial charge in [0.25, 0.3) is 0 Å². The van der Waals surface area contributed by atoms with Crippen LogP contribution < -0.4 is 5.32 Å². The van der Waals surface area contributed by atoms with Crippen molar-refractivity contribution in [3.05, 3.63) is 12.2 Å². The van der Waals surface area contributed by atoms with Gasteiger partial charge in [-0.05, 0) is 19.3 Å². The number of hydrogen-bond donors (Lipinski definition) is 3. The van der Waals surface area contributed by atoms with Crippen LogP contribution in [0.2, 0.25) is 0 Å². The number of nitrogens with one attached hydrogen (secondary N) is 1. The van der Waals surface area contributed by atoms with Crippen molar-refractivity contribution < 1.29 is 15.0 Å². The van der Waals surface area contributed by atoms with Crippen molar-refractivity contribution in [3.63, 3.8) is 0 Å². The van der Waals surface area contributed by atoms with Crippen LogP contribution in [-0.2, 0) is 4.79 Å². The number of carbonyl (C=O) groups excluding carboxylic acids is 1. The maximum absolute atomic E-state index is 12.5. The minimum absolute atomic E-state index is 0.0562. The monoisotopic (exact) mass is 818 g/mol. The van der Waals surface area contributed by atoms with Gasteiger partial charge in [0.2, 0.25) is 5.91 Å². The van der Waals surface area contributed by atoms with E-state index in [1.54, 1.807) is 6.08 Å². The Balaban J connectivity index is 3.46. The maximum atomic E-state index is 12.5. The van der Waals surface area contributed by atoms with E-state index in [1.807, 2.05) is 6.08 Å². The topological polar surface area (TPSA) is 69.6 Å². The zero-order valence-electron chi connectivity index (χ0n) is 39.8. The zero-order valence-corrected chi connectivity index (χ0v) is 39.8. The standard InChI is InChI=1S/C54H107NO3/c1-3-5-7-9-11-13-15-17-19-21-23-25-27-28-29-31-33-35-37-39-41-43-45-47-49-53(57)52(51-56)55-54(58)50-48-46-44-42-40-38-36-34-32-30-26-24-22-20-18-16-14-12-10-8-6-4-2/h47,49,52-53,56-57H,3-46,48,50-51H2,1-2H3,(H,55,58)/b49-47+. The summed E-state index contributed by atoms with van der Waals surface area (Å²) in [6.45, 7) is 4.35. The van der Waals surface area contributed by atoms with Crippen LogP contribution in [-0.4, -0.2) is 34.9 Å². The third-order valence-corrected chi connectivity index (χ3v) is 12.8. The number of amides is 1. The number of aliphatic hydroxyl groups is 2. The van der Waals surface area contributed by atoms with Gasteiger partial charge in [-0.1, -0.05) is 296 Å². The summed E-state index contributed by atoms with van der Waals surface area (Å²) in [5.41, 5.74) is 0. The van der Waals surface area contributed by atoms with E-state index in [0.717, 1.165) is 25.7 Å². The molecule has 0 heterocycles. The first-order valence-electron chi connectivity index (χ1n) is 26.9. The van der Waals surface area contributed by atoms with Crippen molar-refractivity contribution in [1.82, 2.24) is 5.32 Å². The van der Waals surface area contributed by atoms with Crippen LogP contribution in [0.15, 0.2) is 12.2 Å². The van der Waals surface area contributed by atoms with Crippen molar-refractivity contribution in [1.29, 1.82) is 0 Å². The van der Waals surface area contributed by atoms with Gasteiger partial charge in [-0.25, -0.2) is 0 Å². The molecule has 0 rings (SSSR count). The maximum Gasteiger partial charge on any atom is 0.220 e. The van der Waals surface area contributed by atoms with Gasteiger partial charge in [0, 0.05) is 6.42 Å². The van der Waals surface area contributed by atoms with E-state index in [0.29, 0.717) is 6.42 Å². The molecule has 1 amide bonds. The van der Waals surface area contributed by atoms with Crippen LogP contribution in [0.3, 0.4) is 0 Å². The summed E-state index contributed by atoms with van der Waals surface area (Å²) < 4.78 is 0. The highest BCUT2D eigenvalue weighted by atomic mass is 16.3. The lowest BCUT2D eigenvalue weighted by atomic mass is 10.0. The molecule has 0 aliphatic rings. The van der Waals surface area contributed by atoms with Crippen molar-refractivity contribution in [3.8, 4) is 0 Å². The van der Waals surface area contributed by atoms with E-state index >= 15 is 0 Å². The fourth-order valence-corrected chi connectivity index (χ4v) is 8.65. The highest BCUT2D eigenvalue weighted by Crippen LogP contribution is 2.18. The largest absolute Gasteiger partial charge is 0.394 e. The van der Waals surface area contributed by atoms with E-state index in [4.69, 9.17) is 0 Å². The van der Waals surface area contributed by atoms with Gasteiger partial charge in [-0.3, -0.25) is 4.79 Å². The average molecular weight is 818 g/mol. The molecule has 2 atom stereocenters. The predicted octanol–water partition coefficient (Wildman–Crippen LogP) is 17.4. The number of carbonyl (C=O) groups is 1. The highest BCUT2D eigenvalue weighted by molar-refractivity contribution is 5.76. The molecule has 2 unspecified atom stereocenters. The Hall–Kier alpha value is -0.870. The molecule has 4 nitrogen and oxygen atoms in total. The molecule has 3 N–H and O–H groups in total. The summed E-state index contributed by atoms with van der Waals surface area (Å²) in [6.07, 6.45) is 65.0. The van der Waals surface area contributed by atoms with Gasteiger partial charge in [-0.15, -0.1) is 0 Å². The Bertz CT molecular complexity index is 799. The summed E-state index contributed by atoms with van der Waals surface area (Å²) >= 11 is 0. The summed E-state index contributed by atoms with van der Waals surface area (Å²) in [7, 11) is 0. The number of allylic oxidation sites excluding steroid dienone is 1. The highest BCUT2D eigenvalue weighted by Gasteiger charge is 2.18. The van der Waals surface area contributed by atoms with E-state index in [-0.39, 0.29) is 12.5 Å². The lowest BCUT2D eigenvalue weighted by Gasteiger charge is -2.20. The number of aliphatic hydroxyl groups excluding tert-OH is 2. The molecular weight excluding hydrogens is 711 g/mol. The summed E-state index contributed by atoms with van der Waals surface area (Å²) in [6, 6.07) is -0.618. The third-order valence-electron chi connectivity index (χ3n) is 12.8. The second kappa shape index (κ2) is 50.5. The van der Waals surface area contributed by atoms with Crippen LogP contribution in [0, 0.1) is 0 Å². The van der Waals surface area contributed by atoms with Crippen LogP contribution in [0.5, 0.6) is 0 Å². The smallest absolute Gasteiger partial charge is 0.220 e. The summed E-state index contributed by atoms with van der Waals surface area (Å²) in [5.74, 6) is -0.0562. The summed E-state index contributed by atoms with van der Waals surface area (Å²) in [5, 5.41) is 23.2. The van der Waals surface area contributed by atoms with Gasteiger partial charge in [0.1, 0.15) is 0 Å². The molecule has 0 aliphatic carbocycles. The van der Waals surface area contributed by atoms with E-state index in [9.17, 15) is 15.0 Å². The molecule has 0 bridgehead atoms. The van der Waals surface area contributed by atoms with Crippen molar-refractivity contribution in [2.75, 3.05) is 6.61 Å². The van der Waals surface area contributed by atoms with Gasteiger partial charge >= 0.3 is 0 Å². The first-order valence-corrected chi connectivity index (χ1v) is 26.9. The zero-order chi connectivity index (χ0) is 42.1. The van der Waals surface area contributed by atoms with Crippen molar-refractivity contribution >= 4 is 5.91 Å². The predicted molar refractivity (Wildman–Crippen MR) is 258 cm³/mol. The molecule has 0 radical (unpaired) electrons. The van der Waals surface area contributed by atoms with Gasteiger partial charge in [-0.2, -0.15) is 0 Å². The van der Waals surface area contributed by atoms with Crippen LogP contribution in [0.25, 0.3) is 0 Å². The Morgan fingerprint density at radius 2 is 0.638 bits per heavy atom. The molecule has 346 valence electrons. The molecule has 58 heavy (non-hydrogen) atoms. The molecule has 0 fully saturated rings. The third kappa shape index (κ3) is 46.2. The second-order valence-electron chi connectivity index (χ2n) is 18.7. The molecule has 0 saturated carbocycles. The number of unbranched alkanes of at least 4 members (excludes halogenated alkanes) is 43. The molecule has 0 aromatic carbocycles. The summed E-state index contributed by atoms with van der Waals surface area (Å²) in [4.78, 5) is 12.5. The lowest BCUT2D eigenvalue weighted by Crippen LogP contribution is -2.45. The Labute approximate surface area is 365 Å². The minimum atomic E-state index is -0.835. The van der Waals surface area contributed by atoms with E-state index in [2.05, 4.69) is 19.2 Å². The number of rotatable bonds is 50. The molecule has 0 aromatic rings. The van der Waals surface area contributed by atoms with Crippen molar-refractivity contribution in [2.45, 2.75) is 321 Å². The average Bonchev–Trinajstić information content (AvgIpc) is 3.23. The molecule has 0 aliphatic heterocycles.